The van der Waals surface area contributed by atoms with Crippen molar-refractivity contribution in [3.63, 3.8) is 0 Å². The molecule has 0 fully saturated rings. The van der Waals surface area contributed by atoms with Gasteiger partial charge in [0.25, 0.3) is 0 Å². The molecular weight excluding hydrogens is 761 g/mol. The van der Waals surface area contributed by atoms with Crippen LogP contribution in [-0.2, 0) is 0 Å². The highest BCUT2D eigenvalue weighted by Gasteiger charge is 2.24. The highest BCUT2D eigenvalue weighted by atomic mass is 32.1. The molecule has 4 aromatic heterocycles. The van der Waals surface area contributed by atoms with Crippen LogP contribution in [0, 0.1) is 0 Å². The molecule has 0 unspecified atom stereocenters. The molecule has 0 N–H and O–H groups in total. The van der Waals surface area contributed by atoms with Gasteiger partial charge in [-0.15, -0.1) is 11.3 Å². The van der Waals surface area contributed by atoms with Gasteiger partial charge in [0.15, 0.2) is 0 Å². The lowest BCUT2D eigenvalue weighted by molar-refractivity contribution is 1.02. The van der Waals surface area contributed by atoms with Crippen molar-refractivity contribution in [3.05, 3.63) is 194 Å². The maximum Gasteiger partial charge on any atom is 0.236 e. The minimum atomic E-state index is 0.668. The average molecular weight is 793 g/mol. The van der Waals surface area contributed by atoms with Crippen LogP contribution in [0.3, 0.4) is 0 Å². The van der Waals surface area contributed by atoms with Crippen molar-refractivity contribution < 1.29 is 0 Å². The minimum absolute atomic E-state index is 0.668. The molecule has 0 aliphatic heterocycles. The molecule has 4 nitrogen and oxygen atoms in total. The fourth-order valence-electron chi connectivity index (χ4n) is 10.4. The Morgan fingerprint density at radius 3 is 1.79 bits per heavy atom. The van der Waals surface area contributed by atoms with Crippen molar-refractivity contribution in [2.75, 3.05) is 0 Å². The van der Waals surface area contributed by atoms with E-state index in [2.05, 4.69) is 203 Å². The molecule has 10 aromatic carbocycles. The Kier molecular flexibility index (Phi) is 6.68. The Morgan fingerprint density at radius 2 is 0.967 bits per heavy atom. The first-order chi connectivity index (χ1) is 30.3. The van der Waals surface area contributed by atoms with E-state index in [1.807, 2.05) is 0 Å². The first-order valence-electron chi connectivity index (χ1n) is 20.8. The number of aromatic nitrogens is 4. The zero-order chi connectivity index (χ0) is 39.8. The maximum absolute atomic E-state index is 5.74. The molecule has 0 saturated heterocycles. The third-order valence-corrected chi connectivity index (χ3v) is 14.0. The molecule has 0 spiro atoms. The second-order valence-corrected chi connectivity index (χ2v) is 17.1. The molecule has 282 valence electrons. The molecule has 14 rings (SSSR count). The second-order valence-electron chi connectivity index (χ2n) is 16.1. The standard InChI is InChI=1S/C56H32N4S/c1-2-15-35(16-3-1)59-46-24-12-10-21-40(46)45-32-34(27-30-47(45)59)53-52-43-23-11-13-25-49(43)61-55(52)58-56(57-53)60-48-31-29-42-39-20-7-6-18-37(39)38-19-8-9-22-41(38)50(42)51(48)44-28-26-33-14-4-5-17-36(33)54(44)60/h1-32H. The molecule has 0 aliphatic rings. The third kappa shape index (κ3) is 4.53. The normalized spacial score (nSPS) is 12.3. The van der Waals surface area contributed by atoms with E-state index in [0.29, 0.717) is 5.95 Å². The van der Waals surface area contributed by atoms with Gasteiger partial charge in [-0.3, -0.25) is 4.57 Å². The van der Waals surface area contributed by atoms with Crippen molar-refractivity contribution in [3.8, 4) is 22.9 Å². The Bertz CT molecular complexity index is 4140. The topological polar surface area (TPSA) is 35.6 Å². The fourth-order valence-corrected chi connectivity index (χ4v) is 11.4. The number of hydrogen-bond acceptors (Lipinski definition) is 3. The van der Waals surface area contributed by atoms with Crippen molar-refractivity contribution in [1.29, 1.82) is 0 Å². The average Bonchev–Trinajstić information content (AvgIpc) is 3.99. The maximum atomic E-state index is 5.74. The molecule has 0 amide bonds. The number of thiophene rings is 1. The SMILES string of the molecule is c1ccc(-n2c3ccccc3c3cc(-c4nc(-n5c6ccc7c8ccccc8c8ccccc8c7c6c6ccc7ccccc7c65)nc5sc6ccccc6c45)ccc32)cc1. The van der Waals surface area contributed by atoms with E-state index in [-0.39, 0.29) is 0 Å². The van der Waals surface area contributed by atoms with Crippen molar-refractivity contribution in [1.82, 2.24) is 19.1 Å². The molecule has 0 aliphatic carbocycles. The van der Waals surface area contributed by atoms with Gasteiger partial charge in [0.2, 0.25) is 5.95 Å². The van der Waals surface area contributed by atoms with Gasteiger partial charge in [0, 0.05) is 59.0 Å². The van der Waals surface area contributed by atoms with Crippen LogP contribution in [0.4, 0.5) is 0 Å². The van der Waals surface area contributed by atoms with Gasteiger partial charge in [0.1, 0.15) is 4.83 Å². The van der Waals surface area contributed by atoms with Gasteiger partial charge in [0.05, 0.1) is 27.8 Å². The molecule has 0 bridgehead atoms. The first-order valence-corrected chi connectivity index (χ1v) is 21.6. The van der Waals surface area contributed by atoms with Crippen molar-refractivity contribution in [2.24, 2.45) is 0 Å². The van der Waals surface area contributed by atoms with Crippen molar-refractivity contribution >= 4 is 118 Å². The van der Waals surface area contributed by atoms with Crippen molar-refractivity contribution in [2.45, 2.75) is 0 Å². The molecular formula is C56H32N4S. The van der Waals surface area contributed by atoms with E-state index in [0.717, 1.165) is 43.7 Å². The van der Waals surface area contributed by atoms with Gasteiger partial charge in [-0.05, 0) is 74.8 Å². The Labute approximate surface area is 352 Å². The van der Waals surface area contributed by atoms with E-state index in [4.69, 9.17) is 9.97 Å². The van der Waals surface area contributed by atoms with E-state index in [1.54, 1.807) is 11.3 Å². The number of fused-ring (bicyclic) bond motifs is 18. The predicted octanol–water partition coefficient (Wildman–Crippen LogP) is 15.3. The van der Waals surface area contributed by atoms with Crippen LogP contribution < -0.4 is 0 Å². The quantitative estimate of drug-likeness (QED) is 0.167. The van der Waals surface area contributed by atoms with E-state index < -0.39 is 0 Å². The number of para-hydroxylation sites is 2. The molecule has 14 aromatic rings. The summed E-state index contributed by atoms with van der Waals surface area (Å²) in [5.74, 6) is 0.668. The van der Waals surface area contributed by atoms with E-state index >= 15 is 0 Å². The van der Waals surface area contributed by atoms with Gasteiger partial charge < -0.3 is 4.57 Å². The number of benzene rings is 10. The smallest absolute Gasteiger partial charge is 0.236 e. The second kappa shape index (κ2) is 12.3. The van der Waals surface area contributed by atoms with Gasteiger partial charge in [-0.2, -0.15) is 0 Å². The van der Waals surface area contributed by atoms with Gasteiger partial charge in [-0.1, -0.05) is 152 Å². The van der Waals surface area contributed by atoms with Crippen LogP contribution in [0.5, 0.6) is 0 Å². The lowest BCUT2D eigenvalue weighted by Crippen LogP contribution is -2.03. The Morgan fingerprint density at radius 1 is 0.361 bits per heavy atom. The molecule has 5 heteroatoms. The highest BCUT2D eigenvalue weighted by Crippen LogP contribution is 2.46. The summed E-state index contributed by atoms with van der Waals surface area (Å²) in [6.45, 7) is 0. The zero-order valence-electron chi connectivity index (χ0n) is 32.7. The summed E-state index contributed by atoms with van der Waals surface area (Å²) in [6, 6.07) is 70.6. The lowest BCUT2D eigenvalue weighted by atomic mass is 9.91. The van der Waals surface area contributed by atoms with E-state index in [1.165, 1.54) is 80.2 Å². The highest BCUT2D eigenvalue weighted by molar-refractivity contribution is 7.25. The number of hydrogen-bond donors (Lipinski definition) is 0. The fraction of sp³-hybridized carbons (Fsp3) is 0. The summed E-state index contributed by atoms with van der Waals surface area (Å²) in [6.07, 6.45) is 0. The summed E-state index contributed by atoms with van der Waals surface area (Å²) < 4.78 is 5.92. The number of nitrogens with zero attached hydrogens (tertiary/aromatic N) is 4. The van der Waals surface area contributed by atoms with Crippen LogP contribution in [0.15, 0.2) is 194 Å². The van der Waals surface area contributed by atoms with Crippen LogP contribution in [0.25, 0.3) is 130 Å². The Balaban J connectivity index is 1.13. The number of rotatable bonds is 3. The molecule has 0 atom stereocenters. The molecule has 0 radical (unpaired) electrons. The predicted molar refractivity (Wildman–Crippen MR) is 259 cm³/mol. The Hall–Kier alpha value is -7.86. The summed E-state index contributed by atoms with van der Waals surface area (Å²) in [7, 11) is 0. The molecule has 0 saturated carbocycles. The van der Waals surface area contributed by atoms with E-state index in [9.17, 15) is 0 Å². The summed E-state index contributed by atoms with van der Waals surface area (Å²) in [5.41, 5.74) is 7.69. The summed E-state index contributed by atoms with van der Waals surface area (Å²) >= 11 is 1.74. The third-order valence-electron chi connectivity index (χ3n) is 12.9. The largest absolute Gasteiger partial charge is 0.309 e. The molecule has 61 heavy (non-hydrogen) atoms. The van der Waals surface area contributed by atoms with Gasteiger partial charge in [-0.25, -0.2) is 9.97 Å². The minimum Gasteiger partial charge on any atom is -0.309 e. The van der Waals surface area contributed by atoms with Gasteiger partial charge >= 0.3 is 0 Å². The molecule has 4 heterocycles. The summed E-state index contributed by atoms with van der Waals surface area (Å²) in [5, 5.41) is 17.0. The van der Waals surface area contributed by atoms with Crippen LogP contribution >= 0.6 is 11.3 Å². The van der Waals surface area contributed by atoms with Crippen LogP contribution in [-0.4, -0.2) is 19.1 Å². The summed E-state index contributed by atoms with van der Waals surface area (Å²) in [4.78, 5) is 12.3. The van der Waals surface area contributed by atoms with Crippen LogP contribution in [0.1, 0.15) is 0 Å². The monoisotopic (exact) mass is 792 g/mol. The first kappa shape index (κ1) is 33.0. The zero-order valence-corrected chi connectivity index (χ0v) is 33.5. The van der Waals surface area contributed by atoms with Crippen LogP contribution in [0.2, 0.25) is 0 Å². The lowest BCUT2D eigenvalue weighted by Gasteiger charge is -2.13.